The summed E-state index contributed by atoms with van der Waals surface area (Å²) < 4.78 is 32.2. The van der Waals surface area contributed by atoms with E-state index in [1.165, 1.54) is 17.3 Å². The summed E-state index contributed by atoms with van der Waals surface area (Å²) in [6, 6.07) is 3.84. The highest BCUT2D eigenvalue weighted by molar-refractivity contribution is 7.89. The number of nitrogens with one attached hydrogen (secondary N) is 1. The van der Waals surface area contributed by atoms with E-state index in [1.807, 2.05) is 0 Å². The zero-order valence-electron chi connectivity index (χ0n) is 14.1. The first-order valence-electron chi connectivity index (χ1n) is 7.92. The van der Waals surface area contributed by atoms with Gasteiger partial charge in [-0.05, 0) is 44.9 Å². The van der Waals surface area contributed by atoms with E-state index < -0.39 is 22.0 Å². The van der Waals surface area contributed by atoms with Gasteiger partial charge in [-0.1, -0.05) is 28.4 Å². The van der Waals surface area contributed by atoms with Crippen molar-refractivity contribution in [3.05, 3.63) is 39.7 Å². The van der Waals surface area contributed by atoms with Crippen LogP contribution >= 0.6 is 23.2 Å². The molecule has 10 heteroatoms. The lowest BCUT2D eigenvalue weighted by atomic mass is 10.2. The molecule has 2 aromatic rings. The average Bonchev–Trinajstić information content (AvgIpc) is 3.18. The Labute approximate surface area is 161 Å². The van der Waals surface area contributed by atoms with Gasteiger partial charge in [0.2, 0.25) is 15.9 Å². The van der Waals surface area contributed by atoms with Gasteiger partial charge in [0.25, 0.3) is 0 Å². The molecule has 1 atom stereocenters. The SMILES string of the molecule is Cc1noc(C)c1S(=O)(=O)N1CCC[C@@H]1C(=O)Nc1cc(Cl)ccc1Cl. The number of carbonyl (C=O) groups excluding carboxylic acids is 1. The highest BCUT2D eigenvalue weighted by atomic mass is 35.5. The van der Waals surface area contributed by atoms with Gasteiger partial charge in [0.05, 0.1) is 10.7 Å². The topological polar surface area (TPSA) is 92.5 Å². The summed E-state index contributed by atoms with van der Waals surface area (Å²) in [5.41, 5.74) is 0.609. The molecule has 0 radical (unpaired) electrons. The van der Waals surface area contributed by atoms with Gasteiger partial charge in [-0.15, -0.1) is 0 Å². The average molecular weight is 418 g/mol. The first-order valence-corrected chi connectivity index (χ1v) is 10.1. The lowest BCUT2D eigenvalue weighted by molar-refractivity contribution is -0.119. The maximum atomic E-state index is 13.0. The number of hydrogen-bond donors (Lipinski definition) is 1. The Morgan fingerprint density at radius 3 is 2.73 bits per heavy atom. The zero-order valence-corrected chi connectivity index (χ0v) is 16.5. The van der Waals surface area contributed by atoms with Gasteiger partial charge in [-0.2, -0.15) is 4.31 Å². The van der Waals surface area contributed by atoms with Crippen molar-refractivity contribution in [2.24, 2.45) is 0 Å². The lowest BCUT2D eigenvalue weighted by Gasteiger charge is -2.23. The van der Waals surface area contributed by atoms with Crippen LogP contribution in [0.1, 0.15) is 24.3 Å². The minimum absolute atomic E-state index is 0.0120. The van der Waals surface area contributed by atoms with Crippen LogP contribution in [0.4, 0.5) is 5.69 Å². The van der Waals surface area contributed by atoms with Crippen molar-refractivity contribution in [2.45, 2.75) is 37.6 Å². The van der Waals surface area contributed by atoms with Crippen LogP contribution in [0.3, 0.4) is 0 Å². The molecule has 2 heterocycles. The number of sulfonamides is 1. The molecule has 7 nitrogen and oxygen atoms in total. The Morgan fingerprint density at radius 1 is 1.35 bits per heavy atom. The van der Waals surface area contributed by atoms with Crippen molar-refractivity contribution in [3.63, 3.8) is 0 Å². The number of anilines is 1. The van der Waals surface area contributed by atoms with Crippen molar-refractivity contribution in [1.82, 2.24) is 9.46 Å². The molecule has 0 spiro atoms. The smallest absolute Gasteiger partial charge is 0.249 e. The summed E-state index contributed by atoms with van der Waals surface area (Å²) >= 11 is 12.0. The molecule has 1 aliphatic heterocycles. The quantitative estimate of drug-likeness (QED) is 0.822. The van der Waals surface area contributed by atoms with E-state index in [9.17, 15) is 13.2 Å². The number of carbonyl (C=O) groups is 1. The summed E-state index contributed by atoms with van der Waals surface area (Å²) in [6.07, 6.45) is 0.983. The Kier molecular flexibility index (Phi) is 5.30. The molecule has 1 amide bonds. The first kappa shape index (κ1) is 19.2. The van der Waals surface area contributed by atoms with Gasteiger partial charge in [-0.25, -0.2) is 8.42 Å². The third-order valence-electron chi connectivity index (χ3n) is 4.23. The minimum atomic E-state index is -3.90. The van der Waals surface area contributed by atoms with Crippen molar-refractivity contribution in [1.29, 1.82) is 0 Å². The maximum Gasteiger partial charge on any atom is 0.249 e. The van der Waals surface area contributed by atoms with Crippen LogP contribution in [0.15, 0.2) is 27.6 Å². The predicted octanol–water partition coefficient (Wildman–Crippen LogP) is 3.39. The summed E-state index contributed by atoms with van der Waals surface area (Å²) in [4.78, 5) is 12.7. The third-order valence-corrected chi connectivity index (χ3v) is 6.95. The monoisotopic (exact) mass is 417 g/mol. The van der Waals surface area contributed by atoms with Crippen LogP contribution in [0.5, 0.6) is 0 Å². The molecule has 0 bridgehead atoms. The Bertz CT molecular complexity index is 939. The summed E-state index contributed by atoms with van der Waals surface area (Å²) in [5.74, 6) is -0.256. The molecular formula is C16H17Cl2N3O4S. The molecule has 0 saturated carbocycles. The first-order chi connectivity index (χ1) is 12.2. The lowest BCUT2D eigenvalue weighted by Crippen LogP contribution is -2.43. The fourth-order valence-electron chi connectivity index (χ4n) is 3.06. The van der Waals surface area contributed by atoms with Gasteiger partial charge in [0, 0.05) is 11.6 Å². The molecule has 1 saturated heterocycles. The van der Waals surface area contributed by atoms with Crippen LogP contribution in [-0.4, -0.2) is 36.4 Å². The van der Waals surface area contributed by atoms with E-state index in [0.717, 1.165) is 0 Å². The van der Waals surface area contributed by atoms with E-state index in [-0.39, 0.29) is 22.9 Å². The minimum Gasteiger partial charge on any atom is -0.360 e. The predicted molar refractivity (Wildman–Crippen MR) is 98.0 cm³/mol. The molecule has 1 fully saturated rings. The van der Waals surface area contributed by atoms with Gasteiger partial charge in [-0.3, -0.25) is 4.79 Å². The molecule has 0 unspecified atom stereocenters. The van der Waals surface area contributed by atoms with Crippen molar-refractivity contribution < 1.29 is 17.7 Å². The van der Waals surface area contributed by atoms with Gasteiger partial charge in [0.15, 0.2) is 5.76 Å². The molecular weight excluding hydrogens is 401 g/mol. The molecule has 140 valence electrons. The number of nitrogens with zero attached hydrogens (tertiary/aromatic N) is 2. The van der Waals surface area contributed by atoms with E-state index in [1.54, 1.807) is 19.1 Å². The van der Waals surface area contributed by atoms with Crippen LogP contribution in [0.25, 0.3) is 0 Å². The Balaban J connectivity index is 1.88. The summed E-state index contributed by atoms with van der Waals surface area (Å²) in [5, 5.41) is 7.10. The van der Waals surface area contributed by atoms with Crippen LogP contribution in [0, 0.1) is 13.8 Å². The molecule has 1 aromatic carbocycles. The summed E-state index contributed by atoms with van der Waals surface area (Å²) in [7, 11) is -3.90. The van der Waals surface area contributed by atoms with E-state index in [2.05, 4.69) is 10.5 Å². The molecule has 0 aliphatic carbocycles. The Hall–Kier alpha value is -1.61. The van der Waals surface area contributed by atoms with E-state index in [4.69, 9.17) is 27.7 Å². The van der Waals surface area contributed by atoms with E-state index in [0.29, 0.717) is 28.6 Å². The molecule has 3 rings (SSSR count). The maximum absolute atomic E-state index is 13.0. The van der Waals surface area contributed by atoms with Gasteiger partial charge < -0.3 is 9.84 Å². The Morgan fingerprint density at radius 2 is 2.08 bits per heavy atom. The third kappa shape index (κ3) is 3.46. The van der Waals surface area contributed by atoms with Gasteiger partial charge >= 0.3 is 0 Å². The van der Waals surface area contributed by atoms with Crippen molar-refractivity contribution >= 4 is 44.8 Å². The van der Waals surface area contributed by atoms with Crippen LogP contribution in [-0.2, 0) is 14.8 Å². The standard InChI is InChI=1S/C16H17Cl2N3O4S/c1-9-15(10(2)25-20-9)26(23,24)21-7-3-4-14(21)16(22)19-13-8-11(17)5-6-12(13)18/h5-6,8,14H,3-4,7H2,1-2H3,(H,19,22)/t14-/m1/s1. The fraction of sp³-hybridized carbons (Fsp3) is 0.375. The highest BCUT2D eigenvalue weighted by Gasteiger charge is 2.42. The second-order valence-corrected chi connectivity index (χ2v) is 8.71. The number of aryl methyl sites for hydroxylation is 2. The van der Waals surface area contributed by atoms with Crippen molar-refractivity contribution in [2.75, 3.05) is 11.9 Å². The largest absolute Gasteiger partial charge is 0.360 e. The zero-order chi connectivity index (χ0) is 19.1. The number of halogens is 2. The van der Waals surface area contributed by atoms with Crippen LogP contribution in [0.2, 0.25) is 10.0 Å². The molecule has 1 N–H and O–H groups in total. The second kappa shape index (κ2) is 7.19. The normalized spacial score (nSPS) is 18.2. The fourth-order valence-corrected chi connectivity index (χ4v) is 5.35. The highest BCUT2D eigenvalue weighted by Crippen LogP contribution is 2.31. The molecule has 1 aliphatic rings. The molecule has 26 heavy (non-hydrogen) atoms. The number of benzene rings is 1. The number of amides is 1. The second-order valence-electron chi connectivity index (χ2n) is 6.04. The number of rotatable bonds is 4. The van der Waals surface area contributed by atoms with Crippen LogP contribution < -0.4 is 5.32 Å². The number of aromatic nitrogens is 1. The molecule has 1 aromatic heterocycles. The van der Waals surface area contributed by atoms with Gasteiger partial charge in [0.1, 0.15) is 16.6 Å². The summed E-state index contributed by atoms with van der Waals surface area (Å²) in [6.45, 7) is 3.33. The van der Waals surface area contributed by atoms with E-state index >= 15 is 0 Å². The van der Waals surface area contributed by atoms with Crippen molar-refractivity contribution in [3.8, 4) is 0 Å². The number of hydrogen-bond acceptors (Lipinski definition) is 5.